The van der Waals surface area contributed by atoms with Gasteiger partial charge >= 0.3 is 5.97 Å². The van der Waals surface area contributed by atoms with Crippen LogP contribution in [0.25, 0.3) is 16.8 Å². The molecule has 5 rings (SSSR count). The van der Waals surface area contributed by atoms with Crippen LogP contribution in [-0.2, 0) is 4.84 Å². The van der Waals surface area contributed by atoms with Gasteiger partial charge in [-0.1, -0.05) is 31.5 Å². The molecule has 0 saturated carbocycles. The van der Waals surface area contributed by atoms with Gasteiger partial charge < -0.3 is 9.82 Å². The minimum absolute atomic E-state index is 0.226. The summed E-state index contributed by atoms with van der Waals surface area (Å²) in [5, 5.41) is 1.79. The topological polar surface area (TPSA) is 75.5 Å². The molecule has 7 nitrogen and oxygen atoms in total. The summed E-state index contributed by atoms with van der Waals surface area (Å²) in [6, 6.07) is 11.1. The molecule has 1 aromatic carbocycles. The zero-order chi connectivity index (χ0) is 19.1. The molecule has 0 aliphatic carbocycles. The van der Waals surface area contributed by atoms with E-state index < -0.39 is 0 Å². The number of H-pyrrole nitrogens is 1. The lowest BCUT2D eigenvalue weighted by Crippen LogP contribution is -2.25. The lowest BCUT2D eigenvalue weighted by molar-refractivity contribution is -0.0959. The lowest BCUT2D eigenvalue weighted by Gasteiger charge is -2.16. The number of fused-ring (bicyclic) bond motifs is 3. The van der Waals surface area contributed by atoms with E-state index in [1.165, 1.54) is 0 Å². The molecule has 142 valence electrons. The fraction of sp³-hybridized carbons (Fsp3) is 0.286. The van der Waals surface area contributed by atoms with Crippen LogP contribution in [-0.4, -0.2) is 43.5 Å². The van der Waals surface area contributed by atoms with Crippen LogP contribution >= 0.6 is 0 Å². The van der Waals surface area contributed by atoms with Crippen molar-refractivity contribution in [2.45, 2.75) is 19.3 Å². The van der Waals surface area contributed by atoms with E-state index in [-0.39, 0.29) is 11.9 Å². The van der Waals surface area contributed by atoms with Crippen molar-refractivity contribution in [2.24, 2.45) is 5.92 Å². The van der Waals surface area contributed by atoms with Crippen molar-refractivity contribution in [2.75, 3.05) is 13.1 Å². The van der Waals surface area contributed by atoms with Crippen molar-refractivity contribution in [3.8, 4) is 0 Å². The van der Waals surface area contributed by atoms with Crippen molar-refractivity contribution in [3.63, 3.8) is 0 Å². The summed E-state index contributed by atoms with van der Waals surface area (Å²) < 4.78 is 2.16. The normalized spacial score (nSPS) is 20.2. The third-order valence-electron chi connectivity index (χ3n) is 5.60. The molecule has 0 amide bonds. The summed E-state index contributed by atoms with van der Waals surface area (Å²) in [5.74, 6) is 0.293. The van der Waals surface area contributed by atoms with Gasteiger partial charge in [0.05, 0.1) is 17.3 Å². The second-order valence-corrected chi connectivity index (χ2v) is 7.21. The van der Waals surface area contributed by atoms with E-state index >= 15 is 0 Å². The number of hydrogen-bond acceptors (Lipinski definition) is 5. The van der Waals surface area contributed by atoms with E-state index in [9.17, 15) is 4.79 Å². The number of rotatable bonds is 4. The van der Waals surface area contributed by atoms with Gasteiger partial charge in [-0.2, -0.15) is 0 Å². The second kappa shape index (κ2) is 6.76. The Balaban J connectivity index is 1.45. The number of imidazole rings is 1. The molecule has 2 atom stereocenters. The Morgan fingerprint density at radius 3 is 2.86 bits per heavy atom. The van der Waals surface area contributed by atoms with Crippen LogP contribution in [0.1, 0.15) is 35.3 Å². The zero-order valence-corrected chi connectivity index (χ0v) is 15.6. The number of nitrogens with zero attached hydrogens (tertiary/aromatic N) is 4. The van der Waals surface area contributed by atoms with Crippen LogP contribution in [0, 0.1) is 5.92 Å². The number of benzene rings is 1. The van der Waals surface area contributed by atoms with Crippen molar-refractivity contribution in [1.29, 1.82) is 0 Å². The first-order valence-electron chi connectivity index (χ1n) is 9.56. The highest BCUT2D eigenvalue weighted by atomic mass is 16.7. The Morgan fingerprint density at radius 2 is 2.04 bits per heavy atom. The third-order valence-corrected chi connectivity index (χ3v) is 5.60. The Bertz CT molecular complexity index is 1130. The molecule has 0 spiro atoms. The van der Waals surface area contributed by atoms with E-state index in [1.807, 2.05) is 36.7 Å². The number of aromatic amines is 1. The maximum Gasteiger partial charge on any atom is 0.357 e. The summed E-state index contributed by atoms with van der Waals surface area (Å²) in [7, 11) is 0. The Kier molecular flexibility index (Phi) is 4.09. The molecular weight excluding hydrogens is 354 g/mol. The number of carbonyl (C=O) groups excluding carboxylic acids is 1. The molecule has 1 N–H and O–H groups in total. The SMILES string of the molecule is CC[C@@H]1CN(OC(=O)c2ccccc2)CC1c1cnc2cnc3[nH]ccc3n12. The van der Waals surface area contributed by atoms with Gasteiger partial charge in [0.25, 0.3) is 0 Å². The van der Waals surface area contributed by atoms with Gasteiger partial charge in [0.15, 0.2) is 11.3 Å². The van der Waals surface area contributed by atoms with Crippen molar-refractivity contribution in [3.05, 3.63) is 66.2 Å². The van der Waals surface area contributed by atoms with E-state index in [0.29, 0.717) is 24.6 Å². The van der Waals surface area contributed by atoms with Crippen LogP contribution in [0.5, 0.6) is 0 Å². The van der Waals surface area contributed by atoms with Crippen LogP contribution in [0.4, 0.5) is 0 Å². The minimum Gasteiger partial charge on any atom is -0.364 e. The highest BCUT2D eigenvalue weighted by Crippen LogP contribution is 2.36. The summed E-state index contributed by atoms with van der Waals surface area (Å²) >= 11 is 0. The summed E-state index contributed by atoms with van der Waals surface area (Å²) in [4.78, 5) is 30.3. The molecule has 1 unspecified atom stereocenters. The van der Waals surface area contributed by atoms with Gasteiger partial charge in [-0.25, -0.2) is 14.8 Å². The van der Waals surface area contributed by atoms with E-state index in [0.717, 1.165) is 28.9 Å². The second-order valence-electron chi connectivity index (χ2n) is 7.21. The molecule has 1 fully saturated rings. The third kappa shape index (κ3) is 2.75. The van der Waals surface area contributed by atoms with E-state index in [4.69, 9.17) is 4.84 Å². The van der Waals surface area contributed by atoms with Crippen molar-refractivity contribution in [1.82, 2.24) is 24.4 Å². The number of hydrogen-bond donors (Lipinski definition) is 1. The molecule has 1 aliphatic heterocycles. The highest BCUT2D eigenvalue weighted by molar-refractivity contribution is 5.89. The molecule has 4 aromatic rings. The zero-order valence-electron chi connectivity index (χ0n) is 15.6. The molecule has 28 heavy (non-hydrogen) atoms. The maximum absolute atomic E-state index is 12.4. The van der Waals surface area contributed by atoms with Gasteiger partial charge in [-0.05, 0) is 24.1 Å². The maximum atomic E-state index is 12.4. The van der Waals surface area contributed by atoms with Crippen LogP contribution in [0.15, 0.2) is 55.0 Å². The number of hydroxylamine groups is 2. The Morgan fingerprint density at radius 1 is 1.18 bits per heavy atom. The van der Waals surface area contributed by atoms with Gasteiger partial charge in [0.2, 0.25) is 0 Å². The molecule has 0 bridgehead atoms. The molecule has 0 radical (unpaired) electrons. The van der Waals surface area contributed by atoms with E-state index in [1.54, 1.807) is 23.4 Å². The fourth-order valence-electron chi connectivity index (χ4n) is 4.15. The fourth-order valence-corrected chi connectivity index (χ4v) is 4.15. The number of aromatic nitrogens is 4. The van der Waals surface area contributed by atoms with Crippen molar-refractivity contribution >= 4 is 22.8 Å². The quantitative estimate of drug-likeness (QED) is 0.592. The molecule has 3 aromatic heterocycles. The predicted molar refractivity (Wildman–Crippen MR) is 105 cm³/mol. The van der Waals surface area contributed by atoms with E-state index in [2.05, 4.69) is 26.3 Å². The lowest BCUT2D eigenvalue weighted by atomic mass is 9.91. The molecule has 1 saturated heterocycles. The summed E-state index contributed by atoms with van der Waals surface area (Å²) in [6.07, 6.45) is 6.60. The Labute approximate surface area is 161 Å². The summed E-state index contributed by atoms with van der Waals surface area (Å²) in [6.45, 7) is 3.55. The summed E-state index contributed by atoms with van der Waals surface area (Å²) in [5.41, 5.74) is 4.38. The molecular formula is C21H21N5O2. The smallest absolute Gasteiger partial charge is 0.357 e. The molecule has 7 heteroatoms. The average molecular weight is 375 g/mol. The van der Waals surface area contributed by atoms with Crippen LogP contribution < -0.4 is 0 Å². The van der Waals surface area contributed by atoms with Gasteiger partial charge in [-0.15, -0.1) is 5.06 Å². The van der Waals surface area contributed by atoms with Gasteiger partial charge in [0.1, 0.15) is 0 Å². The standard InChI is InChI=1S/C21H21N5O2/c1-2-14-12-25(28-21(27)15-6-4-3-5-7-15)13-16(14)18-10-23-19-11-24-20-17(26(18)19)8-9-22-20/h3-11,14,16,22H,2,12-13H2,1H3/t14-,16?/m1/s1. The monoisotopic (exact) mass is 375 g/mol. The van der Waals surface area contributed by atoms with Crippen molar-refractivity contribution < 1.29 is 9.63 Å². The van der Waals surface area contributed by atoms with Crippen LogP contribution in [0.2, 0.25) is 0 Å². The average Bonchev–Trinajstić information content (AvgIpc) is 3.45. The molecule has 1 aliphatic rings. The first kappa shape index (κ1) is 16.9. The largest absolute Gasteiger partial charge is 0.364 e. The van der Waals surface area contributed by atoms with Crippen LogP contribution in [0.3, 0.4) is 0 Å². The first-order chi connectivity index (χ1) is 13.7. The predicted octanol–water partition coefficient (Wildman–Crippen LogP) is 3.41. The minimum atomic E-state index is -0.313. The number of carbonyl (C=O) groups is 1. The van der Waals surface area contributed by atoms with Gasteiger partial charge in [0, 0.05) is 37.1 Å². The highest BCUT2D eigenvalue weighted by Gasteiger charge is 2.37. The molecule has 4 heterocycles. The van der Waals surface area contributed by atoms with Gasteiger partial charge in [-0.3, -0.25) is 4.40 Å². The Hall–Kier alpha value is -3.19. The first-order valence-corrected chi connectivity index (χ1v) is 9.56. The number of nitrogens with one attached hydrogen (secondary N) is 1.